The van der Waals surface area contributed by atoms with Gasteiger partial charge in [0.25, 0.3) is 5.91 Å². The van der Waals surface area contributed by atoms with Crippen molar-refractivity contribution in [2.45, 2.75) is 30.6 Å². The van der Waals surface area contributed by atoms with Crippen LogP contribution in [0.4, 0.5) is 58.4 Å². The molecule has 0 N–H and O–H groups in total. The normalized spacial score (nSPS) is 12.8. The third-order valence-corrected chi connectivity index (χ3v) is 7.02. The number of benzene rings is 3. The van der Waals surface area contributed by atoms with Gasteiger partial charge in [-0.2, -0.15) is 39.5 Å². The third-order valence-electron chi connectivity index (χ3n) is 6.05. The molecule has 0 aliphatic carbocycles. The maximum Gasteiger partial charge on any atom is 0.435 e. The Hall–Kier alpha value is -3.31. The van der Waals surface area contributed by atoms with E-state index in [1.54, 1.807) is 0 Å². The lowest BCUT2D eigenvalue weighted by molar-refractivity contribution is -0.348. The van der Waals surface area contributed by atoms with Gasteiger partial charge in [0.05, 0.1) is 16.8 Å². The molecule has 0 saturated heterocycles. The number of carbonyl (C=O) groups excluding carboxylic acids is 2. The highest BCUT2D eigenvalue weighted by Gasteiger charge is 2.73. The van der Waals surface area contributed by atoms with Crippen LogP contribution < -0.4 is 4.90 Å². The van der Waals surface area contributed by atoms with Crippen LogP contribution in [0.3, 0.4) is 0 Å². The summed E-state index contributed by atoms with van der Waals surface area (Å²) < 4.78 is 163. The van der Waals surface area contributed by atoms with Gasteiger partial charge in [0.15, 0.2) is 11.6 Å². The molecule has 0 aromatic heterocycles. The number of Topliss-reactive ketones (excluding diaryl/α,β-unsaturated/α-hetero) is 1. The Labute approximate surface area is 242 Å². The molecule has 0 aliphatic heterocycles. The summed E-state index contributed by atoms with van der Waals surface area (Å²) in [6, 6.07) is 6.15. The molecule has 3 aromatic carbocycles. The van der Waals surface area contributed by atoms with Crippen molar-refractivity contribution in [2.75, 3.05) is 11.9 Å². The van der Waals surface area contributed by atoms with Crippen molar-refractivity contribution in [1.82, 2.24) is 0 Å². The molecule has 0 atom stereocenters. The van der Waals surface area contributed by atoms with Crippen molar-refractivity contribution in [1.29, 1.82) is 0 Å². The summed E-state index contributed by atoms with van der Waals surface area (Å²) in [5.74, 6) is -4.33. The Morgan fingerprint density at radius 1 is 0.810 bits per heavy atom. The second kappa shape index (κ2) is 11.4. The Bertz CT molecular complexity index is 1500. The molecule has 16 heteroatoms. The van der Waals surface area contributed by atoms with Crippen LogP contribution in [0.5, 0.6) is 0 Å². The lowest BCUT2D eigenvalue weighted by Gasteiger charge is -2.31. The molecule has 1 amide bonds. The summed E-state index contributed by atoms with van der Waals surface area (Å²) in [5.41, 5.74) is -13.4. The molecule has 0 unspecified atom stereocenters. The maximum atomic E-state index is 15.3. The molecular formula is C26H14F12INO2. The molecule has 0 radical (unpaired) electrons. The van der Waals surface area contributed by atoms with Crippen molar-refractivity contribution in [2.24, 2.45) is 0 Å². The molecule has 3 aromatic rings. The average molecular weight is 727 g/mol. The van der Waals surface area contributed by atoms with E-state index >= 15 is 4.39 Å². The summed E-state index contributed by atoms with van der Waals surface area (Å²) in [4.78, 5) is 26.3. The van der Waals surface area contributed by atoms with Crippen molar-refractivity contribution >= 4 is 40.0 Å². The van der Waals surface area contributed by atoms with Gasteiger partial charge in [0.1, 0.15) is 5.82 Å². The van der Waals surface area contributed by atoms with E-state index in [1.807, 2.05) is 0 Å². The Balaban J connectivity index is 2.07. The molecule has 0 spiro atoms. The lowest BCUT2D eigenvalue weighted by Crippen LogP contribution is -2.50. The lowest BCUT2D eigenvalue weighted by atomic mass is 9.89. The minimum atomic E-state index is -6.70. The zero-order valence-corrected chi connectivity index (χ0v) is 22.7. The van der Waals surface area contributed by atoms with Crippen molar-refractivity contribution in [3.05, 3.63) is 97.6 Å². The average Bonchev–Trinajstić information content (AvgIpc) is 2.86. The molecule has 0 aliphatic rings. The first-order chi connectivity index (χ1) is 19.1. The number of carbonyl (C=O) groups is 2. The SMILES string of the molecule is CN(C(=O)c1ccc(F)cc1)c1cccc(C(=O)Cc2c(I)cc(C(F)(C(F)(F)F)C(F)(F)F)cc2C(F)(F)F)c1F. The number of alkyl halides is 10. The van der Waals surface area contributed by atoms with Gasteiger partial charge in [-0.3, -0.25) is 9.59 Å². The molecular weight excluding hydrogens is 713 g/mol. The summed E-state index contributed by atoms with van der Waals surface area (Å²) in [7, 11) is 1.08. The number of nitrogens with zero attached hydrogens (tertiary/aromatic N) is 1. The standard InChI is InChI=1S/C26H14F12INO2/c1-40(22(42)12-5-7-14(27)8-6-12)19-4-2-3-15(21(19)28)20(41)11-16-17(24(30,31)32)9-13(10-18(16)39)23(29,25(33,34)35)26(36,37)38/h2-10H,11H2,1H3. The summed E-state index contributed by atoms with van der Waals surface area (Å²) in [6.45, 7) is 0. The number of hydrogen-bond donors (Lipinski definition) is 0. The fourth-order valence-corrected chi connectivity index (χ4v) is 4.72. The molecule has 3 rings (SSSR count). The fraction of sp³-hybridized carbons (Fsp3) is 0.231. The first-order valence-corrected chi connectivity index (χ1v) is 12.3. The Morgan fingerprint density at radius 3 is 1.86 bits per heavy atom. The Morgan fingerprint density at radius 2 is 1.36 bits per heavy atom. The van der Waals surface area contributed by atoms with E-state index in [9.17, 15) is 57.9 Å². The van der Waals surface area contributed by atoms with Gasteiger partial charge in [-0.05, 0) is 76.7 Å². The first-order valence-electron chi connectivity index (χ1n) is 11.2. The Kier molecular flexibility index (Phi) is 9.02. The van der Waals surface area contributed by atoms with Crippen molar-refractivity contribution < 1.29 is 62.3 Å². The number of ketones is 1. The molecule has 0 bridgehead atoms. The quantitative estimate of drug-likeness (QED) is 0.145. The van der Waals surface area contributed by atoms with Crippen LogP contribution in [0, 0.1) is 15.2 Å². The molecule has 0 heterocycles. The predicted octanol–water partition coefficient (Wildman–Crippen LogP) is 8.58. The monoisotopic (exact) mass is 727 g/mol. The van der Waals surface area contributed by atoms with Gasteiger partial charge >= 0.3 is 24.2 Å². The van der Waals surface area contributed by atoms with Gasteiger partial charge in [0, 0.05) is 28.2 Å². The third kappa shape index (κ3) is 6.22. The number of amides is 1. The second-order valence-corrected chi connectivity index (χ2v) is 9.91. The molecule has 42 heavy (non-hydrogen) atoms. The number of rotatable bonds is 6. The number of halogens is 13. The van der Waals surface area contributed by atoms with Gasteiger partial charge in [-0.25, -0.2) is 13.2 Å². The highest BCUT2D eigenvalue weighted by molar-refractivity contribution is 14.1. The smallest absolute Gasteiger partial charge is 0.309 e. The van der Waals surface area contributed by atoms with Crippen LogP contribution in [0.15, 0.2) is 54.6 Å². The van der Waals surface area contributed by atoms with E-state index in [-0.39, 0.29) is 11.6 Å². The molecule has 3 nitrogen and oxygen atoms in total. The van der Waals surface area contributed by atoms with Crippen LogP contribution in [-0.2, 0) is 18.3 Å². The number of hydrogen-bond acceptors (Lipinski definition) is 2. The van der Waals surface area contributed by atoms with E-state index in [0.29, 0.717) is 4.90 Å². The van der Waals surface area contributed by atoms with E-state index in [1.165, 1.54) is 0 Å². The number of anilines is 1. The van der Waals surface area contributed by atoms with Gasteiger partial charge in [-0.1, -0.05) is 6.07 Å². The van der Waals surface area contributed by atoms with Crippen molar-refractivity contribution in [3.8, 4) is 0 Å². The molecule has 0 fully saturated rings. The van der Waals surface area contributed by atoms with Crippen LogP contribution in [0.25, 0.3) is 0 Å². The largest absolute Gasteiger partial charge is 0.435 e. The van der Waals surface area contributed by atoms with Crippen LogP contribution in [0.2, 0.25) is 0 Å². The van der Waals surface area contributed by atoms with E-state index < -0.39 is 91.5 Å². The topological polar surface area (TPSA) is 37.4 Å². The summed E-state index contributed by atoms with van der Waals surface area (Å²) >= 11 is 0.917. The van der Waals surface area contributed by atoms with E-state index in [0.717, 1.165) is 72.1 Å². The van der Waals surface area contributed by atoms with Crippen LogP contribution >= 0.6 is 22.6 Å². The van der Waals surface area contributed by atoms with Crippen LogP contribution in [-0.4, -0.2) is 31.1 Å². The fourth-order valence-electron chi connectivity index (χ4n) is 3.90. The van der Waals surface area contributed by atoms with Crippen LogP contribution in [0.1, 0.15) is 37.4 Å². The summed E-state index contributed by atoms with van der Waals surface area (Å²) in [6.07, 6.45) is -20.4. The maximum absolute atomic E-state index is 15.3. The summed E-state index contributed by atoms with van der Waals surface area (Å²) in [5, 5.41) is 0. The van der Waals surface area contributed by atoms with Crippen molar-refractivity contribution in [3.63, 3.8) is 0 Å². The first kappa shape index (κ1) is 33.2. The zero-order chi connectivity index (χ0) is 32.0. The van der Waals surface area contributed by atoms with Gasteiger partial charge < -0.3 is 4.90 Å². The minimum Gasteiger partial charge on any atom is -0.309 e. The zero-order valence-electron chi connectivity index (χ0n) is 20.6. The molecule has 226 valence electrons. The van der Waals surface area contributed by atoms with Gasteiger partial charge in [0.2, 0.25) is 0 Å². The highest BCUT2D eigenvalue weighted by Crippen LogP contribution is 2.54. The van der Waals surface area contributed by atoms with Gasteiger partial charge in [-0.15, -0.1) is 0 Å². The second-order valence-electron chi connectivity index (χ2n) is 8.75. The van der Waals surface area contributed by atoms with E-state index in [4.69, 9.17) is 0 Å². The highest BCUT2D eigenvalue weighted by atomic mass is 127. The minimum absolute atomic E-state index is 0.0962. The van der Waals surface area contributed by atoms with E-state index in [2.05, 4.69) is 0 Å². The molecule has 0 saturated carbocycles. The predicted molar refractivity (Wildman–Crippen MR) is 133 cm³/mol.